The number of fused-ring (bicyclic) bond motifs is 3. The molecule has 1 aliphatic carbocycles. The molecular weight excluding hydrogens is 407 g/mol. The maximum absolute atomic E-state index is 6.55. The van der Waals surface area contributed by atoms with Crippen molar-refractivity contribution in [3.63, 3.8) is 0 Å². The van der Waals surface area contributed by atoms with Gasteiger partial charge in [-0.2, -0.15) is 5.10 Å². The fourth-order valence-electron chi connectivity index (χ4n) is 4.83. The lowest BCUT2D eigenvalue weighted by Crippen LogP contribution is -2.46. The Hall–Kier alpha value is -1.91. The molecule has 2 aromatic carbocycles. The molecule has 0 unspecified atom stereocenters. The van der Waals surface area contributed by atoms with Crippen LogP contribution in [0.2, 0.25) is 10.0 Å². The smallest absolute Gasteiger partial charge is 0.190 e. The molecule has 2 aliphatic heterocycles. The Morgan fingerprint density at radius 3 is 2.55 bits per heavy atom. The summed E-state index contributed by atoms with van der Waals surface area (Å²) < 4.78 is 11.8. The van der Waals surface area contributed by atoms with E-state index in [-0.39, 0.29) is 12.3 Å². The average Bonchev–Trinajstić information content (AvgIpc) is 3.20. The highest BCUT2D eigenvalue weighted by Gasteiger charge is 2.44. The zero-order valence-corrected chi connectivity index (χ0v) is 17.9. The third-order valence-electron chi connectivity index (χ3n) is 6.31. The maximum atomic E-state index is 6.55. The first-order valence-corrected chi connectivity index (χ1v) is 11.1. The molecule has 0 spiro atoms. The van der Waals surface area contributed by atoms with Gasteiger partial charge in [0.25, 0.3) is 0 Å². The third-order valence-corrected chi connectivity index (χ3v) is 6.81. The first-order chi connectivity index (χ1) is 14.1. The second-order valence-corrected chi connectivity index (χ2v) is 8.93. The first kappa shape index (κ1) is 19.1. The Bertz CT molecular complexity index is 939. The number of ether oxygens (including phenoxy) is 2. The molecule has 3 aliphatic rings. The number of methoxy groups -OCH3 is 1. The van der Waals surface area contributed by atoms with Gasteiger partial charge in [0, 0.05) is 22.9 Å². The summed E-state index contributed by atoms with van der Waals surface area (Å²) in [5.74, 6) is 2.08. The molecular formula is C23H24Cl2N2O2. The summed E-state index contributed by atoms with van der Waals surface area (Å²) >= 11 is 12.9. The highest BCUT2D eigenvalue weighted by Crippen LogP contribution is 2.49. The lowest BCUT2D eigenvalue weighted by Gasteiger charge is -2.43. The summed E-state index contributed by atoms with van der Waals surface area (Å²) in [5, 5.41) is 8.44. The van der Waals surface area contributed by atoms with Crippen molar-refractivity contribution in [2.75, 3.05) is 7.11 Å². The molecule has 4 nitrogen and oxygen atoms in total. The van der Waals surface area contributed by atoms with Gasteiger partial charge in [-0.1, -0.05) is 42.5 Å². The third kappa shape index (κ3) is 3.47. The van der Waals surface area contributed by atoms with Crippen LogP contribution in [-0.2, 0) is 0 Å². The van der Waals surface area contributed by atoms with E-state index in [1.54, 1.807) is 13.2 Å². The highest BCUT2D eigenvalue weighted by atomic mass is 35.5. The Morgan fingerprint density at radius 1 is 1.07 bits per heavy atom. The topological polar surface area (TPSA) is 34.1 Å². The van der Waals surface area contributed by atoms with Crippen LogP contribution in [0.25, 0.3) is 0 Å². The number of hydrazone groups is 1. The number of rotatable bonds is 3. The summed E-state index contributed by atoms with van der Waals surface area (Å²) in [6.45, 7) is 0. The van der Waals surface area contributed by atoms with Crippen LogP contribution in [0.5, 0.6) is 11.5 Å². The molecule has 0 bridgehead atoms. The van der Waals surface area contributed by atoms with Crippen LogP contribution in [0.15, 0.2) is 41.5 Å². The molecule has 0 N–H and O–H groups in total. The van der Waals surface area contributed by atoms with E-state index >= 15 is 0 Å². The molecule has 6 heteroatoms. The van der Waals surface area contributed by atoms with Crippen molar-refractivity contribution in [2.24, 2.45) is 11.0 Å². The van der Waals surface area contributed by atoms with E-state index in [2.05, 4.69) is 17.1 Å². The molecule has 5 rings (SSSR count). The Kier molecular flexibility index (Phi) is 5.09. The van der Waals surface area contributed by atoms with Crippen LogP contribution in [-0.4, -0.2) is 24.1 Å². The van der Waals surface area contributed by atoms with Gasteiger partial charge in [-0.25, -0.2) is 5.01 Å². The molecule has 0 amide bonds. The number of hydrogen-bond donors (Lipinski definition) is 0. The highest BCUT2D eigenvalue weighted by molar-refractivity contribution is 6.35. The zero-order chi connectivity index (χ0) is 20.0. The van der Waals surface area contributed by atoms with Crippen molar-refractivity contribution in [1.29, 1.82) is 0 Å². The first-order valence-electron chi connectivity index (χ1n) is 10.3. The van der Waals surface area contributed by atoms with Gasteiger partial charge in [0.2, 0.25) is 0 Å². The fourth-order valence-corrected chi connectivity index (χ4v) is 5.38. The molecule has 0 saturated heterocycles. The predicted molar refractivity (Wildman–Crippen MR) is 116 cm³/mol. The zero-order valence-electron chi connectivity index (χ0n) is 16.4. The lowest BCUT2D eigenvalue weighted by molar-refractivity contribution is -0.0642. The summed E-state index contributed by atoms with van der Waals surface area (Å²) in [7, 11) is 1.68. The second-order valence-electron chi connectivity index (χ2n) is 8.09. The van der Waals surface area contributed by atoms with Gasteiger partial charge < -0.3 is 9.47 Å². The van der Waals surface area contributed by atoms with E-state index in [0.29, 0.717) is 16.0 Å². The second kappa shape index (κ2) is 7.73. The number of nitrogens with zero attached hydrogens (tertiary/aromatic N) is 2. The normalized spacial score (nSPS) is 23.8. The maximum Gasteiger partial charge on any atom is 0.190 e. The van der Waals surface area contributed by atoms with Crippen molar-refractivity contribution < 1.29 is 9.47 Å². The SMILES string of the molecule is COc1ccc(C2=NN3[C@@H](C4CCCCC4)Oc4c(Cl)cc(Cl)cc4[C@@H]3C2)cc1. The van der Waals surface area contributed by atoms with Gasteiger partial charge in [-0.3, -0.25) is 0 Å². The molecule has 29 heavy (non-hydrogen) atoms. The quantitative estimate of drug-likeness (QED) is 0.560. The number of benzene rings is 2. The lowest BCUT2D eigenvalue weighted by atomic mass is 9.86. The molecule has 0 radical (unpaired) electrons. The van der Waals surface area contributed by atoms with Crippen LogP contribution in [0, 0.1) is 5.92 Å². The van der Waals surface area contributed by atoms with Crippen molar-refractivity contribution >= 4 is 28.9 Å². The fraction of sp³-hybridized carbons (Fsp3) is 0.435. The summed E-state index contributed by atoms with van der Waals surface area (Å²) in [6, 6.07) is 11.9. The van der Waals surface area contributed by atoms with E-state index < -0.39 is 0 Å². The molecule has 2 heterocycles. The summed E-state index contributed by atoms with van der Waals surface area (Å²) in [6.07, 6.45) is 6.87. The minimum absolute atomic E-state index is 0.0813. The average molecular weight is 431 g/mol. The molecule has 1 fully saturated rings. The molecule has 0 aromatic heterocycles. The van der Waals surface area contributed by atoms with E-state index in [9.17, 15) is 0 Å². The summed E-state index contributed by atoms with van der Waals surface area (Å²) in [4.78, 5) is 0. The minimum Gasteiger partial charge on any atom is -0.497 e. The van der Waals surface area contributed by atoms with E-state index in [1.165, 1.54) is 32.1 Å². The van der Waals surface area contributed by atoms with Gasteiger partial charge in [-0.15, -0.1) is 0 Å². The molecule has 152 valence electrons. The van der Waals surface area contributed by atoms with E-state index in [4.69, 9.17) is 37.8 Å². The van der Waals surface area contributed by atoms with Crippen molar-refractivity contribution in [1.82, 2.24) is 5.01 Å². The monoisotopic (exact) mass is 430 g/mol. The van der Waals surface area contributed by atoms with Gasteiger partial charge in [0.05, 0.1) is 23.9 Å². The van der Waals surface area contributed by atoms with Crippen LogP contribution >= 0.6 is 23.2 Å². The minimum atomic E-state index is -0.0813. The van der Waals surface area contributed by atoms with E-state index in [0.717, 1.165) is 34.8 Å². The largest absolute Gasteiger partial charge is 0.497 e. The van der Waals surface area contributed by atoms with Gasteiger partial charge in [0.1, 0.15) is 11.5 Å². The number of hydrogen-bond acceptors (Lipinski definition) is 4. The Morgan fingerprint density at radius 2 is 1.83 bits per heavy atom. The van der Waals surface area contributed by atoms with Gasteiger partial charge in [-0.05, 0) is 54.8 Å². The van der Waals surface area contributed by atoms with Crippen molar-refractivity contribution in [2.45, 2.75) is 50.8 Å². The van der Waals surface area contributed by atoms with Crippen molar-refractivity contribution in [3.05, 3.63) is 57.6 Å². The van der Waals surface area contributed by atoms with Crippen LogP contribution in [0.1, 0.15) is 55.7 Å². The van der Waals surface area contributed by atoms with Crippen molar-refractivity contribution in [3.8, 4) is 11.5 Å². The molecule has 2 aromatic rings. The number of halogens is 2. The Labute approximate surface area is 181 Å². The van der Waals surface area contributed by atoms with E-state index in [1.807, 2.05) is 18.2 Å². The standard InChI is InChI=1S/C23H24Cl2N2O2/c1-28-17-9-7-14(8-10-17)20-13-21-18-11-16(24)12-19(25)22(18)29-23(27(21)26-20)15-5-3-2-4-6-15/h7-12,15,21,23H,2-6,13H2,1H3/t21-,23+/m0/s1. The van der Waals surface area contributed by atoms with Crippen LogP contribution in [0.3, 0.4) is 0 Å². The molecule has 1 saturated carbocycles. The predicted octanol–water partition coefficient (Wildman–Crippen LogP) is 6.45. The summed E-state index contributed by atoms with van der Waals surface area (Å²) in [5.41, 5.74) is 3.20. The molecule has 2 atom stereocenters. The van der Waals surface area contributed by atoms with Crippen LogP contribution < -0.4 is 9.47 Å². The Balaban J connectivity index is 1.54. The van der Waals surface area contributed by atoms with Gasteiger partial charge in [0.15, 0.2) is 6.23 Å². The van der Waals surface area contributed by atoms with Gasteiger partial charge >= 0.3 is 0 Å². The van der Waals surface area contributed by atoms with Crippen LogP contribution in [0.4, 0.5) is 0 Å².